The Morgan fingerprint density at radius 3 is 2.72 bits per heavy atom. The number of fused-ring (bicyclic) bond motifs is 1. The smallest absolute Gasteiger partial charge is 0.226 e. The molecular formula is C22H24Cl2N2O3. The van der Waals surface area contributed by atoms with Crippen molar-refractivity contribution in [2.45, 2.75) is 18.4 Å². The van der Waals surface area contributed by atoms with E-state index in [1.54, 1.807) is 0 Å². The second-order valence-electron chi connectivity index (χ2n) is 7.66. The van der Waals surface area contributed by atoms with Crippen LogP contribution in [-0.4, -0.2) is 43.7 Å². The van der Waals surface area contributed by atoms with Gasteiger partial charge in [-0.15, -0.1) is 12.4 Å². The molecule has 2 heterocycles. The first-order chi connectivity index (χ1) is 13.7. The highest BCUT2D eigenvalue weighted by atomic mass is 35.5. The molecule has 1 amide bonds. The maximum absolute atomic E-state index is 13.3. The molecule has 3 unspecified atom stereocenters. The number of amides is 1. The molecule has 3 atom stereocenters. The quantitative estimate of drug-likeness (QED) is 0.797. The van der Waals surface area contributed by atoms with Crippen LogP contribution in [-0.2, 0) is 4.79 Å². The lowest BCUT2D eigenvalue weighted by molar-refractivity contribution is -0.136. The van der Waals surface area contributed by atoms with Crippen LogP contribution in [0.15, 0.2) is 42.5 Å². The monoisotopic (exact) mass is 434 g/mol. The summed E-state index contributed by atoms with van der Waals surface area (Å²) < 4.78 is 11.3. The second kappa shape index (κ2) is 8.42. The van der Waals surface area contributed by atoms with E-state index in [0.29, 0.717) is 18.2 Å². The van der Waals surface area contributed by atoms with Gasteiger partial charge in [0.1, 0.15) is 13.2 Å². The molecule has 1 aliphatic carbocycles. The zero-order valence-corrected chi connectivity index (χ0v) is 17.5. The van der Waals surface area contributed by atoms with Crippen LogP contribution in [0.5, 0.6) is 11.5 Å². The van der Waals surface area contributed by atoms with E-state index >= 15 is 0 Å². The molecule has 0 aromatic heterocycles. The minimum atomic E-state index is 0. The van der Waals surface area contributed by atoms with Crippen LogP contribution in [0.1, 0.15) is 29.5 Å². The predicted octanol–water partition coefficient (Wildman–Crippen LogP) is 3.81. The average Bonchev–Trinajstić information content (AvgIpc) is 3.54. The van der Waals surface area contributed by atoms with Crippen LogP contribution in [0.25, 0.3) is 0 Å². The minimum Gasteiger partial charge on any atom is -0.486 e. The number of nitrogens with zero attached hydrogens (tertiary/aromatic N) is 1. The SMILES string of the molecule is Cl.O=C(C1CC1c1ccc2c(c1)OCCO2)N1CCNCC1c1cccc(Cl)c1. The Kier molecular flexibility index (Phi) is 5.91. The topological polar surface area (TPSA) is 50.8 Å². The molecule has 3 aliphatic rings. The van der Waals surface area contributed by atoms with Crippen molar-refractivity contribution in [2.24, 2.45) is 5.92 Å². The molecule has 7 heteroatoms. The molecule has 5 rings (SSSR count). The standard InChI is InChI=1S/C22H23ClN2O3.ClH/c23-16-3-1-2-15(10-16)19-13-24-6-7-25(19)22(26)18-12-17(18)14-4-5-20-21(11-14)28-9-8-27-20;/h1-5,10-11,17-19,24H,6-9,12-13H2;1H. The summed E-state index contributed by atoms with van der Waals surface area (Å²) >= 11 is 6.18. The zero-order chi connectivity index (χ0) is 19.1. The summed E-state index contributed by atoms with van der Waals surface area (Å²) in [5.74, 6) is 2.13. The first-order valence-electron chi connectivity index (χ1n) is 9.87. The number of halogens is 2. The summed E-state index contributed by atoms with van der Waals surface area (Å²) in [5.41, 5.74) is 2.25. The van der Waals surface area contributed by atoms with Crippen molar-refractivity contribution in [3.63, 3.8) is 0 Å². The van der Waals surface area contributed by atoms with Crippen LogP contribution in [0, 0.1) is 5.92 Å². The van der Waals surface area contributed by atoms with Crippen molar-refractivity contribution in [1.82, 2.24) is 10.2 Å². The maximum atomic E-state index is 13.3. The summed E-state index contributed by atoms with van der Waals surface area (Å²) in [6, 6.07) is 13.9. The third kappa shape index (κ3) is 4.04. The highest BCUT2D eigenvalue weighted by Crippen LogP contribution is 2.51. The van der Waals surface area contributed by atoms with Crippen LogP contribution < -0.4 is 14.8 Å². The van der Waals surface area contributed by atoms with E-state index in [-0.39, 0.29) is 36.2 Å². The molecular weight excluding hydrogens is 411 g/mol. The fourth-order valence-electron chi connectivity index (χ4n) is 4.32. The van der Waals surface area contributed by atoms with Gasteiger partial charge in [-0.2, -0.15) is 0 Å². The van der Waals surface area contributed by atoms with E-state index in [1.807, 2.05) is 35.2 Å². The number of carbonyl (C=O) groups excluding carboxylic acids is 1. The number of piperazine rings is 1. The van der Waals surface area contributed by atoms with Crippen molar-refractivity contribution in [3.05, 3.63) is 58.6 Å². The Bertz CT molecular complexity index is 907. The normalized spacial score (nSPS) is 25.1. The van der Waals surface area contributed by atoms with Gasteiger partial charge in [0.05, 0.1) is 6.04 Å². The lowest BCUT2D eigenvalue weighted by atomic mass is 10.0. The van der Waals surface area contributed by atoms with Crippen molar-refractivity contribution in [2.75, 3.05) is 32.8 Å². The average molecular weight is 435 g/mol. The van der Waals surface area contributed by atoms with Crippen molar-refractivity contribution in [3.8, 4) is 11.5 Å². The van der Waals surface area contributed by atoms with Gasteiger partial charge in [-0.3, -0.25) is 4.79 Å². The van der Waals surface area contributed by atoms with E-state index in [2.05, 4.69) is 17.4 Å². The van der Waals surface area contributed by atoms with Crippen LogP contribution in [0.2, 0.25) is 5.02 Å². The lowest BCUT2D eigenvalue weighted by Crippen LogP contribution is -2.49. The van der Waals surface area contributed by atoms with Gasteiger partial charge in [-0.1, -0.05) is 29.8 Å². The van der Waals surface area contributed by atoms with Gasteiger partial charge in [-0.25, -0.2) is 0 Å². The molecule has 29 heavy (non-hydrogen) atoms. The van der Waals surface area contributed by atoms with Gasteiger partial charge in [0.25, 0.3) is 0 Å². The van der Waals surface area contributed by atoms with E-state index in [4.69, 9.17) is 21.1 Å². The molecule has 1 saturated heterocycles. The van der Waals surface area contributed by atoms with Gasteiger partial charge in [0.2, 0.25) is 5.91 Å². The van der Waals surface area contributed by atoms with E-state index in [0.717, 1.165) is 48.7 Å². The Balaban J connectivity index is 0.00000205. The lowest BCUT2D eigenvalue weighted by Gasteiger charge is -2.37. The first kappa shape index (κ1) is 20.3. The van der Waals surface area contributed by atoms with E-state index < -0.39 is 0 Å². The van der Waals surface area contributed by atoms with E-state index in [9.17, 15) is 4.79 Å². The number of carbonyl (C=O) groups is 1. The molecule has 2 fully saturated rings. The summed E-state index contributed by atoms with van der Waals surface area (Å²) in [6.45, 7) is 3.47. The Morgan fingerprint density at radius 2 is 1.90 bits per heavy atom. The minimum absolute atomic E-state index is 0. The highest BCUT2D eigenvalue weighted by molar-refractivity contribution is 6.30. The van der Waals surface area contributed by atoms with Crippen molar-refractivity contribution >= 4 is 29.9 Å². The Hall–Kier alpha value is -1.95. The molecule has 2 aromatic rings. The van der Waals surface area contributed by atoms with Crippen molar-refractivity contribution in [1.29, 1.82) is 0 Å². The second-order valence-corrected chi connectivity index (χ2v) is 8.09. The largest absolute Gasteiger partial charge is 0.486 e. The van der Waals surface area contributed by atoms with Crippen LogP contribution in [0.3, 0.4) is 0 Å². The summed E-state index contributed by atoms with van der Waals surface area (Å²) in [4.78, 5) is 15.3. The molecule has 1 saturated carbocycles. The number of benzene rings is 2. The summed E-state index contributed by atoms with van der Waals surface area (Å²) in [6.07, 6.45) is 0.894. The van der Waals surface area contributed by atoms with Crippen LogP contribution in [0.4, 0.5) is 0 Å². The van der Waals surface area contributed by atoms with Crippen LogP contribution >= 0.6 is 24.0 Å². The Labute approximate surface area is 181 Å². The first-order valence-corrected chi connectivity index (χ1v) is 10.2. The van der Waals surface area contributed by atoms with Gasteiger partial charge < -0.3 is 19.7 Å². The van der Waals surface area contributed by atoms with Gasteiger partial charge in [0.15, 0.2) is 11.5 Å². The fourth-order valence-corrected chi connectivity index (χ4v) is 4.52. The van der Waals surface area contributed by atoms with Gasteiger partial charge in [0, 0.05) is 30.6 Å². The van der Waals surface area contributed by atoms with Crippen molar-refractivity contribution < 1.29 is 14.3 Å². The van der Waals surface area contributed by atoms with Gasteiger partial charge in [-0.05, 0) is 47.7 Å². The molecule has 0 bridgehead atoms. The zero-order valence-electron chi connectivity index (χ0n) is 16.0. The number of rotatable bonds is 3. The van der Waals surface area contributed by atoms with E-state index in [1.165, 1.54) is 0 Å². The number of hydrogen-bond acceptors (Lipinski definition) is 4. The molecule has 5 nitrogen and oxygen atoms in total. The maximum Gasteiger partial charge on any atom is 0.226 e. The number of hydrogen-bond donors (Lipinski definition) is 1. The summed E-state index contributed by atoms with van der Waals surface area (Å²) in [7, 11) is 0. The summed E-state index contributed by atoms with van der Waals surface area (Å²) in [5, 5.41) is 4.11. The highest BCUT2D eigenvalue weighted by Gasteiger charge is 2.47. The fraction of sp³-hybridized carbons (Fsp3) is 0.409. The molecule has 2 aliphatic heterocycles. The molecule has 2 aromatic carbocycles. The predicted molar refractivity (Wildman–Crippen MR) is 114 cm³/mol. The third-order valence-electron chi connectivity index (χ3n) is 5.86. The molecule has 1 N–H and O–H groups in total. The molecule has 154 valence electrons. The third-order valence-corrected chi connectivity index (χ3v) is 6.10. The number of nitrogens with one attached hydrogen (secondary N) is 1. The number of ether oxygens (including phenoxy) is 2. The molecule has 0 spiro atoms. The molecule has 0 radical (unpaired) electrons. The Morgan fingerprint density at radius 1 is 1.07 bits per heavy atom. The van der Waals surface area contributed by atoms with Gasteiger partial charge >= 0.3 is 0 Å².